The molecule has 1 heterocycles. The Bertz CT molecular complexity index is 3010. The van der Waals surface area contributed by atoms with E-state index in [4.69, 9.17) is 10.8 Å². The van der Waals surface area contributed by atoms with Gasteiger partial charge in [-0.1, -0.05) is 18.2 Å². The highest BCUT2D eigenvalue weighted by molar-refractivity contribution is 7.91. The van der Waals surface area contributed by atoms with Gasteiger partial charge in [-0.05, 0) is 84.5 Å². The van der Waals surface area contributed by atoms with Crippen molar-refractivity contribution in [2.45, 2.75) is 4.90 Å². The van der Waals surface area contributed by atoms with E-state index in [2.05, 4.69) is 46.6 Å². The topological polar surface area (TPSA) is 320 Å². The summed E-state index contributed by atoms with van der Waals surface area (Å²) in [6.07, 6.45) is 4.78. The number of aromatic amines is 1. The molecule has 0 spiro atoms. The summed E-state index contributed by atoms with van der Waals surface area (Å²) in [4.78, 5) is 42.5. The monoisotopic (exact) mass is 836 g/mol. The number of benzene rings is 4. The van der Waals surface area contributed by atoms with Gasteiger partial charge in [-0.15, -0.1) is 5.11 Å². The maximum Gasteiger partial charge on any atom is 0.322 e. The van der Waals surface area contributed by atoms with Gasteiger partial charge < -0.3 is 21.1 Å². The summed E-state index contributed by atoms with van der Waals surface area (Å²) in [5, 5.41) is 27.9. The fourth-order valence-corrected chi connectivity index (χ4v) is 7.12. The maximum absolute atomic E-state index is 13.7. The first kappa shape index (κ1) is 39.6. The molecule has 1 aromatic heterocycles. The number of H-pyrrole nitrogens is 1. The van der Waals surface area contributed by atoms with E-state index in [0.29, 0.717) is 39.5 Å². The SMILES string of the molecule is Nc1c(N=Nc2ccc(-c3nc4ccc(NN=C5C=CC(=O)C=C5NCC(=O)O)cc4[nH]3)cc2)c(S(=O)(=O)O)cc2c1C(=O)C(=NNc1ccccc1)C(S(=O)(=O)O)=C2. The largest absolute Gasteiger partial charge is 0.480 e. The standard InChI is InChI=1S/C37H28N10O10S2/c38-33-32-20(15-30(59(55,56)57)35(36(32)51)47-42-21-4-2-1-3-5-21)14-29(58(52,53)54)34(33)46-43-22-8-6-19(7-9-22)37-40-25-12-10-23(16-28(25)41-37)44-45-26-13-11-24(48)17-27(26)39-18-31(49)50/h1-17,39,42,44H,18,38H2,(H,40,41)(H,49,50)(H,52,53,54)(H,55,56,57). The van der Waals surface area contributed by atoms with Crippen LogP contribution in [0.25, 0.3) is 28.5 Å². The molecule has 0 atom stereocenters. The lowest BCUT2D eigenvalue weighted by Gasteiger charge is -2.20. The number of aliphatic carboxylic acids is 1. The lowest BCUT2D eigenvalue weighted by molar-refractivity contribution is -0.135. The van der Waals surface area contributed by atoms with E-state index >= 15 is 0 Å². The number of nitrogens with zero attached hydrogens (tertiary/aromatic N) is 5. The lowest BCUT2D eigenvalue weighted by Crippen LogP contribution is -2.28. The number of anilines is 3. The molecular weight excluding hydrogens is 809 g/mol. The number of allylic oxidation sites excluding steroid dienone is 4. The lowest BCUT2D eigenvalue weighted by atomic mass is 9.92. The second-order valence-corrected chi connectivity index (χ2v) is 15.3. The Kier molecular flexibility index (Phi) is 10.5. The molecule has 4 aromatic carbocycles. The minimum atomic E-state index is -5.09. The molecular formula is C37H28N10O10S2. The number of imidazole rings is 1. The smallest absolute Gasteiger partial charge is 0.322 e. The molecule has 298 valence electrons. The Balaban J connectivity index is 1.15. The van der Waals surface area contributed by atoms with Gasteiger partial charge in [-0.3, -0.25) is 34.3 Å². The summed E-state index contributed by atoms with van der Waals surface area (Å²) in [5.74, 6) is -2.07. The van der Waals surface area contributed by atoms with Crippen LogP contribution in [0.5, 0.6) is 0 Å². The van der Waals surface area contributed by atoms with Crippen molar-refractivity contribution < 1.29 is 45.4 Å². The van der Waals surface area contributed by atoms with Crippen molar-refractivity contribution >= 4 is 94.7 Å². The molecule has 0 fully saturated rings. The third-order valence-corrected chi connectivity index (χ3v) is 10.2. The molecule has 5 aromatic rings. The molecule has 0 radical (unpaired) electrons. The molecule has 0 aliphatic heterocycles. The van der Waals surface area contributed by atoms with E-state index in [9.17, 15) is 40.3 Å². The number of nitrogens with two attached hydrogens (primary N) is 1. The van der Waals surface area contributed by atoms with Gasteiger partial charge in [0.05, 0.1) is 45.0 Å². The van der Waals surface area contributed by atoms with Gasteiger partial charge in [0, 0.05) is 11.6 Å². The molecule has 0 bridgehead atoms. The van der Waals surface area contributed by atoms with Crippen LogP contribution in [0, 0.1) is 0 Å². The molecule has 20 nitrogen and oxygen atoms in total. The first-order chi connectivity index (χ1) is 28.0. The van der Waals surface area contributed by atoms with Crippen LogP contribution in [0.2, 0.25) is 0 Å². The average Bonchev–Trinajstić information content (AvgIpc) is 3.62. The van der Waals surface area contributed by atoms with Crippen LogP contribution in [0.4, 0.5) is 28.4 Å². The van der Waals surface area contributed by atoms with Gasteiger partial charge in [0.1, 0.15) is 33.6 Å². The Labute approximate surface area is 333 Å². The number of carboxylic acid groups (broad SMARTS) is 1. The number of carbonyl (C=O) groups excluding carboxylic acids is 2. The van der Waals surface area contributed by atoms with Gasteiger partial charge in [0.15, 0.2) is 11.5 Å². The number of azo groups is 1. The van der Waals surface area contributed by atoms with E-state index in [1.807, 2.05) is 0 Å². The quantitative estimate of drug-likeness (QED) is 0.0274. The fraction of sp³-hybridized carbons (Fsp3) is 0.0270. The van der Waals surface area contributed by atoms with E-state index in [1.54, 1.807) is 60.7 Å². The first-order valence-corrected chi connectivity index (χ1v) is 19.8. The van der Waals surface area contributed by atoms with Crippen LogP contribution in [0.3, 0.4) is 0 Å². The molecule has 2 aliphatic rings. The molecule has 7 rings (SSSR count). The Morgan fingerprint density at radius 2 is 1.56 bits per heavy atom. The van der Waals surface area contributed by atoms with Crippen LogP contribution in [0.15, 0.2) is 133 Å². The van der Waals surface area contributed by atoms with Crippen LogP contribution in [-0.2, 0) is 29.8 Å². The number of hydrazone groups is 2. The van der Waals surface area contributed by atoms with Crippen molar-refractivity contribution in [2.24, 2.45) is 20.4 Å². The first-order valence-electron chi connectivity index (χ1n) is 16.9. The third-order valence-electron chi connectivity index (χ3n) is 8.51. The highest BCUT2D eigenvalue weighted by atomic mass is 32.2. The molecule has 0 unspecified atom stereocenters. The van der Waals surface area contributed by atoms with Crippen LogP contribution >= 0.6 is 0 Å². The number of aromatic nitrogens is 2. The van der Waals surface area contributed by atoms with Crippen molar-refractivity contribution in [3.63, 3.8) is 0 Å². The number of para-hydroxylation sites is 1. The summed E-state index contributed by atoms with van der Waals surface area (Å²) in [5.41, 5.74) is 12.5. The van der Waals surface area contributed by atoms with Gasteiger partial charge in [-0.2, -0.15) is 32.2 Å². The Morgan fingerprint density at radius 1 is 0.831 bits per heavy atom. The summed E-state index contributed by atoms with van der Waals surface area (Å²) in [6.45, 7) is -0.410. The minimum absolute atomic E-state index is 0.188. The van der Waals surface area contributed by atoms with Gasteiger partial charge in [-0.25, -0.2) is 4.98 Å². The summed E-state index contributed by atoms with van der Waals surface area (Å²) in [7, 11) is -10.2. The number of carboxylic acids is 1. The molecule has 0 saturated carbocycles. The number of ketones is 2. The Morgan fingerprint density at radius 3 is 2.25 bits per heavy atom. The van der Waals surface area contributed by atoms with E-state index in [-0.39, 0.29) is 22.7 Å². The zero-order valence-electron chi connectivity index (χ0n) is 29.9. The van der Waals surface area contributed by atoms with Gasteiger partial charge in [0.2, 0.25) is 5.78 Å². The van der Waals surface area contributed by atoms with Gasteiger partial charge >= 0.3 is 5.97 Å². The van der Waals surface area contributed by atoms with E-state index in [1.165, 1.54) is 30.4 Å². The number of rotatable bonds is 12. The molecule has 0 amide bonds. The van der Waals surface area contributed by atoms with Crippen molar-refractivity contribution in [1.82, 2.24) is 15.3 Å². The minimum Gasteiger partial charge on any atom is -0.480 e. The predicted octanol–water partition coefficient (Wildman–Crippen LogP) is 4.83. The van der Waals surface area contributed by atoms with Crippen LogP contribution in [-0.4, -0.2) is 76.5 Å². The summed E-state index contributed by atoms with van der Waals surface area (Å²) >= 11 is 0. The Hall–Kier alpha value is -7.66. The van der Waals surface area contributed by atoms with E-state index < -0.39 is 71.0 Å². The van der Waals surface area contributed by atoms with Crippen molar-refractivity contribution in [3.05, 3.63) is 119 Å². The van der Waals surface area contributed by atoms with Crippen LogP contribution < -0.4 is 21.9 Å². The van der Waals surface area contributed by atoms with Gasteiger partial charge in [0.25, 0.3) is 20.2 Å². The molecule has 9 N–H and O–H groups in total. The average molecular weight is 837 g/mol. The molecule has 0 saturated heterocycles. The molecule has 22 heteroatoms. The third kappa shape index (κ3) is 8.69. The number of hydrogen-bond acceptors (Lipinski definition) is 16. The highest BCUT2D eigenvalue weighted by Crippen LogP contribution is 2.41. The molecule has 2 aliphatic carbocycles. The number of nitrogen functional groups attached to an aromatic ring is 1. The van der Waals surface area contributed by atoms with Crippen molar-refractivity contribution in [3.8, 4) is 11.4 Å². The number of fused-ring (bicyclic) bond motifs is 2. The zero-order valence-corrected chi connectivity index (χ0v) is 31.5. The van der Waals surface area contributed by atoms with E-state index in [0.717, 1.165) is 12.1 Å². The second kappa shape index (κ2) is 15.7. The second-order valence-electron chi connectivity index (χ2n) is 12.5. The normalized spacial score (nSPS) is 15.7. The number of nitrogens with one attached hydrogen (secondary N) is 4. The summed E-state index contributed by atoms with van der Waals surface area (Å²) in [6, 6.07) is 20.4. The highest BCUT2D eigenvalue weighted by Gasteiger charge is 2.37. The zero-order chi connectivity index (χ0) is 42.1. The number of Topliss-reactive ketones (excluding diaryl/α,β-unsaturated/α-hetero) is 1. The maximum atomic E-state index is 13.7. The number of hydrogen-bond donors (Lipinski definition) is 8. The fourth-order valence-electron chi connectivity index (χ4n) is 5.79. The number of carbonyl (C=O) groups is 3. The van der Waals surface area contributed by atoms with Crippen LogP contribution in [0.1, 0.15) is 15.9 Å². The summed E-state index contributed by atoms with van der Waals surface area (Å²) < 4.78 is 69.6. The van der Waals surface area contributed by atoms with Crippen molar-refractivity contribution in [2.75, 3.05) is 23.1 Å². The molecule has 59 heavy (non-hydrogen) atoms. The predicted molar refractivity (Wildman–Crippen MR) is 217 cm³/mol. The van der Waals surface area contributed by atoms with Crippen molar-refractivity contribution in [1.29, 1.82) is 0 Å².